The Balaban J connectivity index is 0.000000127. The minimum absolute atomic E-state index is 0.0544. The van der Waals surface area contributed by atoms with E-state index < -0.39 is 12.1 Å². The summed E-state index contributed by atoms with van der Waals surface area (Å²) in [6, 6.07) is 72.4. The molecule has 148 heavy (non-hydrogen) atoms. The molecular weight excluding hydrogens is 1900 g/mol. The van der Waals surface area contributed by atoms with Crippen molar-refractivity contribution in [1.82, 2.24) is 118 Å². The fourth-order valence-corrected chi connectivity index (χ4v) is 18.1. The van der Waals surface area contributed by atoms with Gasteiger partial charge in [0, 0.05) is 0 Å². The molecule has 36 heteroatoms. The third kappa shape index (κ3) is 22.4. The maximum absolute atomic E-state index is 14.2. The van der Waals surface area contributed by atoms with Crippen molar-refractivity contribution in [3.8, 4) is 22.7 Å². The van der Waals surface area contributed by atoms with Crippen LogP contribution in [0.15, 0.2) is 275 Å². The van der Waals surface area contributed by atoms with Crippen molar-refractivity contribution in [3.63, 3.8) is 0 Å². The number of hydrogen-bond donors (Lipinski definition) is 8. The monoisotopic (exact) mass is 2010 g/mol. The van der Waals surface area contributed by atoms with Crippen LogP contribution in [0.4, 0.5) is 11.6 Å². The van der Waals surface area contributed by atoms with E-state index in [0.29, 0.717) is 171 Å². The van der Waals surface area contributed by atoms with Crippen molar-refractivity contribution in [1.29, 1.82) is 0 Å². The van der Waals surface area contributed by atoms with Crippen molar-refractivity contribution >= 4 is 123 Å². The molecular formula is C112H110Cl2N28O6. The number of hydrogen-bond acceptors (Lipinski definition) is 26. The van der Waals surface area contributed by atoms with Gasteiger partial charge in [-0.3, -0.25) is 37.4 Å². The van der Waals surface area contributed by atoms with Gasteiger partial charge in [-0.2, -0.15) is 0 Å². The SMILES string of the molecule is CCC(N)c1nc2cccc(C)c2c(=O)n1-c1ccccc1C.CCC(Nc1nc(C)nc2nc[nH]c12)c1nc2cccc(C)c2c(=O)n1-c1ccccc1C.Cc1ccccc1-n1c(C(N)COCc2ccccc2)nc2cccc(C)c2c1=O.Cc1nc(Cl)c2[nH]cnc2n1.Cc1nc(Cl)c2[nH]cnc2n1.Cc1nc(NC(COCc2ccccc2)c2nc3cccc(C)c3c(=O)n2-c2ccccc2C)c2[nH]cnc2n1. The van der Waals surface area contributed by atoms with Crippen LogP contribution in [0.2, 0.25) is 10.3 Å². The second-order valence-corrected chi connectivity index (χ2v) is 36.4. The Labute approximate surface area is 860 Å². The molecule has 34 nitrogen and oxygen atoms in total. The number of H-pyrrole nitrogens is 4. The lowest BCUT2D eigenvalue weighted by molar-refractivity contribution is 0.105. The lowest BCUT2D eigenvalue weighted by Crippen LogP contribution is -2.31. The molecule has 0 saturated heterocycles. The molecule has 0 aliphatic rings. The van der Waals surface area contributed by atoms with Gasteiger partial charge in [0.25, 0.3) is 22.2 Å². The minimum Gasteiger partial charge on any atom is -0.375 e. The average Bonchev–Trinajstić information content (AvgIpc) is 1.73. The maximum Gasteiger partial charge on any atom is 0.266 e. The van der Waals surface area contributed by atoms with Crippen LogP contribution in [-0.4, -0.2) is 131 Å². The largest absolute Gasteiger partial charge is 0.375 e. The standard InChI is InChI=1S/C31H29N7O2.C25H25N7O.C25H25N3O2.C19H21N3O.2C6H5ClN4/c1-19-10-7-8-15-25(19)38-30(37-23-14-9-11-20(2)26(23)31(38)39)24(17-40-16-22-12-5-4-6-13-22)36-29-27-28(33-18-32-27)34-21(3)35-29;1-5-17(30-23-21-22(27-13-26-21)28-16(4)29-23)24-31-18-11-8-10-15(3)20(18)25(33)32(24)19-12-7-6-9-14(19)2;1-17-9-6-7-14-22(17)28-24(20(26)16-30-15-19-11-4-3-5-12-19)27-21-13-8-10-18(2)23(21)25(28)29;1-4-14(20)18-21-15-10-7-9-13(3)17(15)19(23)22(18)16-11-6-5-8-12(16)2;2*1-3-10-5(7)4-6(11-3)9-2-8-4/h4-15,18,24H,16-17H2,1-3H3,(H2,32,33,34,35,36);6-13,17H,5H2,1-4H3,(H2,26,27,28,29,30);3-14,20H,15-16,26H2,1-2H3;5-11,14H,4,20H2,1-3H3;2*2H,1H3,(H,8,9,10,11). The topological polar surface area (TPSA) is 452 Å². The second kappa shape index (κ2) is 45.9. The summed E-state index contributed by atoms with van der Waals surface area (Å²) in [6.45, 7) is 28.3. The van der Waals surface area contributed by atoms with Gasteiger partial charge in [-0.1, -0.05) is 219 Å². The summed E-state index contributed by atoms with van der Waals surface area (Å²) in [5.41, 5.74) is 33.1. The summed E-state index contributed by atoms with van der Waals surface area (Å²) in [5, 5.41) is 10.4. The first-order valence-corrected chi connectivity index (χ1v) is 49.0. The van der Waals surface area contributed by atoms with E-state index in [1.54, 1.807) is 57.4 Å². The molecule has 22 aromatic rings. The van der Waals surface area contributed by atoms with E-state index in [0.717, 1.165) is 90.3 Å². The Morgan fingerprint density at radius 3 is 0.912 bits per heavy atom. The van der Waals surface area contributed by atoms with Crippen LogP contribution in [0.25, 0.3) is 111 Å². The number of ether oxygens (including phenoxy) is 2. The number of para-hydroxylation sites is 4. The number of aromatic nitrogens is 24. The van der Waals surface area contributed by atoms with Gasteiger partial charge in [-0.15, -0.1) is 0 Å². The molecule has 0 bridgehead atoms. The smallest absolute Gasteiger partial charge is 0.266 e. The number of nitrogens with one attached hydrogen (secondary N) is 6. The molecule has 12 heterocycles. The molecule has 0 amide bonds. The number of benzene rings is 10. The van der Waals surface area contributed by atoms with E-state index in [2.05, 4.69) is 97.3 Å². The van der Waals surface area contributed by atoms with Crippen molar-refractivity contribution in [2.45, 2.75) is 147 Å². The zero-order valence-corrected chi connectivity index (χ0v) is 85.6. The molecule has 4 unspecified atom stereocenters. The molecule has 0 fully saturated rings. The highest BCUT2D eigenvalue weighted by molar-refractivity contribution is 6.33. The summed E-state index contributed by atoms with van der Waals surface area (Å²) in [6.07, 6.45) is 7.69. The third-order valence-electron chi connectivity index (χ3n) is 25.0. The highest BCUT2D eigenvalue weighted by Crippen LogP contribution is 2.33. The van der Waals surface area contributed by atoms with Crippen LogP contribution in [0.3, 0.4) is 0 Å². The van der Waals surface area contributed by atoms with Crippen LogP contribution >= 0.6 is 23.2 Å². The number of nitrogens with zero attached hydrogens (tertiary/aromatic N) is 20. The Hall–Kier alpha value is -17.0. The van der Waals surface area contributed by atoms with Crippen molar-refractivity contribution in [2.75, 3.05) is 23.8 Å². The van der Waals surface area contributed by atoms with Crippen molar-refractivity contribution in [3.05, 3.63) is 410 Å². The Bertz CT molecular complexity index is 8790. The Morgan fingerprint density at radius 1 is 0.297 bits per heavy atom. The molecule has 12 aromatic heterocycles. The lowest BCUT2D eigenvalue weighted by Gasteiger charge is -2.24. The van der Waals surface area contributed by atoms with Crippen LogP contribution in [0, 0.1) is 83.1 Å². The molecule has 0 aliphatic carbocycles. The van der Waals surface area contributed by atoms with E-state index in [-0.39, 0.29) is 47.5 Å². The summed E-state index contributed by atoms with van der Waals surface area (Å²) in [5.74, 6) is 5.93. The van der Waals surface area contributed by atoms with Gasteiger partial charge in [-0.25, -0.2) is 79.7 Å². The second-order valence-electron chi connectivity index (χ2n) is 35.7. The van der Waals surface area contributed by atoms with Gasteiger partial charge < -0.3 is 51.5 Å². The van der Waals surface area contributed by atoms with E-state index in [9.17, 15) is 19.2 Å². The summed E-state index contributed by atoms with van der Waals surface area (Å²) < 4.78 is 18.9. The van der Waals surface area contributed by atoms with Crippen molar-refractivity contribution in [2.24, 2.45) is 11.5 Å². The van der Waals surface area contributed by atoms with E-state index >= 15 is 0 Å². The van der Waals surface area contributed by atoms with E-state index in [1.807, 2.05) is 307 Å². The number of halogens is 2. The van der Waals surface area contributed by atoms with Crippen molar-refractivity contribution < 1.29 is 9.47 Å². The lowest BCUT2D eigenvalue weighted by atomic mass is 10.1. The zero-order chi connectivity index (χ0) is 104. The molecule has 748 valence electrons. The zero-order valence-electron chi connectivity index (χ0n) is 84.1. The number of aryl methyl sites for hydroxylation is 12. The predicted octanol–water partition coefficient (Wildman–Crippen LogP) is 20.1. The van der Waals surface area contributed by atoms with E-state index in [1.165, 1.54) is 0 Å². The van der Waals surface area contributed by atoms with Gasteiger partial charge in [0.05, 0.1) is 136 Å². The molecule has 4 atom stereocenters. The quantitative estimate of drug-likeness (QED) is 0.0292. The summed E-state index contributed by atoms with van der Waals surface area (Å²) in [7, 11) is 0. The highest BCUT2D eigenvalue weighted by Gasteiger charge is 2.30. The first-order chi connectivity index (χ1) is 71.6. The Kier molecular flexibility index (Phi) is 31.8. The molecule has 0 aliphatic heterocycles. The minimum atomic E-state index is -0.550. The molecule has 0 spiro atoms. The number of aromatic amines is 4. The molecule has 0 radical (unpaired) electrons. The average molecular weight is 2020 g/mol. The van der Waals surface area contributed by atoms with Gasteiger partial charge in [0.15, 0.2) is 44.5 Å². The number of nitrogens with two attached hydrogens (primary N) is 2. The van der Waals surface area contributed by atoms with Gasteiger partial charge in [0.1, 0.15) is 74.7 Å². The molecule has 10 N–H and O–H groups in total. The van der Waals surface area contributed by atoms with Crippen LogP contribution in [0.1, 0.15) is 153 Å². The Morgan fingerprint density at radius 2 is 0.574 bits per heavy atom. The number of rotatable bonds is 22. The van der Waals surface area contributed by atoms with Gasteiger partial charge in [-0.05, 0) is 200 Å². The molecule has 22 rings (SSSR count). The van der Waals surface area contributed by atoms with Crippen LogP contribution in [0.5, 0.6) is 0 Å². The van der Waals surface area contributed by atoms with Crippen LogP contribution in [-0.2, 0) is 22.7 Å². The fourth-order valence-electron chi connectivity index (χ4n) is 17.6. The number of fused-ring (bicyclic) bond motifs is 8. The normalized spacial score (nSPS) is 12.1. The first-order valence-electron chi connectivity index (χ1n) is 48.2. The molecule has 10 aromatic carbocycles. The predicted molar refractivity (Wildman–Crippen MR) is 582 cm³/mol. The summed E-state index contributed by atoms with van der Waals surface area (Å²) in [4.78, 5) is 137. The maximum atomic E-state index is 14.2. The van der Waals surface area contributed by atoms with Gasteiger partial charge >= 0.3 is 0 Å². The van der Waals surface area contributed by atoms with Crippen LogP contribution < -0.4 is 44.3 Å². The summed E-state index contributed by atoms with van der Waals surface area (Å²) >= 11 is 11.6. The molecule has 0 saturated carbocycles. The number of anilines is 2. The third-order valence-corrected chi connectivity index (χ3v) is 25.6. The first kappa shape index (κ1) is 102. The fraction of sp³-hybridized carbons (Fsp3) is 0.214. The number of imidazole rings is 4. The highest BCUT2D eigenvalue weighted by atomic mass is 35.5. The van der Waals surface area contributed by atoms with E-state index in [4.69, 9.17) is 64.1 Å². The van der Waals surface area contributed by atoms with Gasteiger partial charge in [0.2, 0.25) is 0 Å².